The van der Waals surface area contributed by atoms with E-state index < -0.39 is 43.1 Å². The third kappa shape index (κ3) is 9.38. The van der Waals surface area contributed by atoms with Gasteiger partial charge in [0.25, 0.3) is 11.3 Å². The van der Waals surface area contributed by atoms with E-state index in [9.17, 15) is 27.9 Å². The van der Waals surface area contributed by atoms with Crippen LogP contribution in [0.2, 0.25) is 0 Å². The van der Waals surface area contributed by atoms with E-state index in [-0.39, 0.29) is 66.0 Å². The summed E-state index contributed by atoms with van der Waals surface area (Å²) >= 11 is 1.36. The number of pyridine rings is 1. The molecule has 0 atom stereocenters. The molecule has 76 heavy (non-hydrogen) atoms. The Balaban J connectivity index is 0.000000171. The fraction of sp³-hybridized carbons (Fsp3) is 0.0159. The summed E-state index contributed by atoms with van der Waals surface area (Å²) in [5, 5.41) is 18.6. The van der Waals surface area contributed by atoms with Gasteiger partial charge >= 0.3 is 6.18 Å². The molecule has 0 fully saturated rings. The average Bonchev–Trinajstić information content (AvgIpc) is 3.86. The molecule has 0 aliphatic carbocycles. The summed E-state index contributed by atoms with van der Waals surface area (Å²) in [6.07, 6.45) is -5.33. The number of thiophene rings is 1. The molecule has 0 unspecified atom stereocenters. The first-order chi connectivity index (χ1) is 36.4. The molecule has 0 bridgehead atoms. The minimum absolute atomic E-state index is 0. The fourth-order valence-electron chi connectivity index (χ4n) is 9.90. The summed E-state index contributed by atoms with van der Waals surface area (Å²) < 4.78 is 74.0. The van der Waals surface area contributed by atoms with E-state index in [0.29, 0.717) is 15.3 Å². The molecule has 6 nitrogen and oxygen atoms in total. The third-order valence-corrected chi connectivity index (χ3v) is 20.8. The Kier molecular flexibility index (Phi) is 15.0. The van der Waals surface area contributed by atoms with Crippen molar-refractivity contribution in [1.29, 1.82) is 0 Å². The van der Waals surface area contributed by atoms with Gasteiger partial charge in [0, 0.05) is 113 Å². The molecule has 1 radical (unpaired) electrons. The zero-order valence-corrected chi connectivity index (χ0v) is 45.0. The van der Waals surface area contributed by atoms with E-state index in [4.69, 9.17) is 0 Å². The smallest absolute Gasteiger partial charge is 0.455 e. The van der Waals surface area contributed by atoms with Crippen molar-refractivity contribution in [3.8, 4) is 22.6 Å². The molecule has 2 heterocycles. The molecule has 1 N–H and O–H groups in total. The summed E-state index contributed by atoms with van der Waals surface area (Å²) in [5.41, 5.74) is -0.239. The minimum Gasteiger partial charge on any atom is -0.506 e. The van der Waals surface area contributed by atoms with Gasteiger partial charge in [-0.05, 0) is 40.8 Å². The van der Waals surface area contributed by atoms with Crippen LogP contribution in [0, 0.1) is 49.4 Å². The number of rotatable bonds is 9. The number of hydrogen-bond acceptors (Lipinski definition) is 6. The summed E-state index contributed by atoms with van der Waals surface area (Å²) in [5.74, 6) is -3.36. The maximum atomic E-state index is 15.5. The molecular weight excluding hydrogens is 1150 g/mol. The molecule has 0 saturated carbocycles. The molecular formula is C63H42EuF3NO5P2S. The largest absolute Gasteiger partial charge is 0.506 e. The van der Waals surface area contributed by atoms with E-state index in [1.165, 1.54) is 17.4 Å². The van der Waals surface area contributed by atoms with Crippen LogP contribution in [-0.4, -0.2) is 21.6 Å². The molecule has 12 rings (SSSR count). The molecule has 0 saturated heterocycles. The van der Waals surface area contributed by atoms with Crippen LogP contribution in [0.3, 0.4) is 0 Å². The number of carbonyl (C=O) groups excluding carboxylic acids is 1. The number of benzene rings is 10. The number of carbonyl (C=O) groups is 1. The van der Waals surface area contributed by atoms with Crippen molar-refractivity contribution < 1.29 is 81.6 Å². The number of halogens is 3. The average molecular weight is 1200 g/mol. The van der Waals surface area contributed by atoms with Crippen molar-refractivity contribution >= 4 is 105 Å². The maximum Gasteiger partial charge on any atom is 0.455 e. The molecule has 13 heteroatoms. The second-order valence-electron chi connectivity index (χ2n) is 17.8. The van der Waals surface area contributed by atoms with Gasteiger partial charge in [0.15, 0.2) is 14.3 Å². The van der Waals surface area contributed by atoms with Gasteiger partial charge in [0.1, 0.15) is 11.3 Å². The zero-order valence-electron chi connectivity index (χ0n) is 40.0. The van der Waals surface area contributed by atoms with Crippen LogP contribution in [0.15, 0.2) is 254 Å². The topological polar surface area (TPSA) is 93.4 Å². The molecule has 0 spiro atoms. The number of fused-ring (bicyclic) bond motifs is 6. The number of ketones is 1. The van der Waals surface area contributed by atoms with Gasteiger partial charge in [-0.3, -0.25) is 14.2 Å². The number of Topliss-reactive ketones (excluding diaryl/α,β-unsaturated/α-hetero) is 1. The van der Waals surface area contributed by atoms with E-state index >= 15 is 9.13 Å². The number of aromatic nitrogens is 1. The first kappa shape index (κ1) is 52.6. The summed E-state index contributed by atoms with van der Waals surface area (Å²) in [4.78, 5) is 25.9. The number of alkyl halides is 3. The van der Waals surface area contributed by atoms with Crippen molar-refractivity contribution in [2.45, 2.75) is 6.18 Å². The van der Waals surface area contributed by atoms with Crippen molar-refractivity contribution in [2.75, 3.05) is 0 Å². The van der Waals surface area contributed by atoms with E-state index in [1.807, 2.05) is 212 Å². The minimum atomic E-state index is -5.33. The van der Waals surface area contributed by atoms with Gasteiger partial charge in [-0.1, -0.05) is 224 Å². The van der Waals surface area contributed by atoms with Gasteiger partial charge in [-0.2, -0.15) is 13.2 Å². The Hall–Kier alpha value is -6.81. The molecule has 0 amide bonds. The standard InChI is InChI=1S/C34H26O2P2.C29H16F3NO3S.Eu/c35-37(28-17-5-1-6-18-28,29-19-7-2-8-20-29)32-25-13-15-27-16-14-26-33(34(27)32)38(36,30-21-9-3-10-22-30)31-23-11-4-12-24-31;30-29(31,32)27(35)23-25(34)21-15-14-20-19-8-4-5-9-22(19)37-26(20)24(21)33(28(23)36)18-12-10-17(11-13-18)16-6-2-1-3-7-16;/h1-26H;1-15,34H;. The molecule has 12 aromatic rings. The van der Waals surface area contributed by atoms with Gasteiger partial charge in [-0.25, -0.2) is 0 Å². The molecule has 373 valence electrons. The van der Waals surface area contributed by atoms with Crippen LogP contribution in [0.25, 0.3) is 58.7 Å². The van der Waals surface area contributed by atoms with Crippen LogP contribution in [-0.2, 0) is 9.13 Å². The quantitative estimate of drug-likeness (QED) is 0.115. The van der Waals surface area contributed by atoms with Gasteiger partial charge in [0.2, 0.25) is 0 Å². The van der Waals surface area contributed by atoms with Crippen molar-refractivity contribution in [3.63, 3.8) is 0 Å². The maximum absolute atomic E-state index is 15.5. The molecule has 2 aromatic heterocycles. The van der Waals surface area contributed by atoms with Crippen LogP contribution < -0.4 is 37.4 Å². The molecule has 10 aromatic carbocycles. The van der Waals surface area contributed by atoms with E-state index in [2.05, 4.69) is 0 Å². The van der Waals surface area contributed by atoms with Crippen LogP contribution in [0.1, 0.15) is 10.4 Å². The summed E-state index contributed by atoms with van der Waals surface area (Å²) in [7, 11) is -6.65. The zero-order chi connectivity index (χ0) is 51.9. The number of nitrogens with zero attached hydrogens (tertiary/aromatic N) is 1. The third-order valence-electron chi connectivity index (χ3n) is 13.4. The normalized spacial score (nSPS) is 11.8. The first-order valence-electron chi connectivity index (χ1n) is 23.8. The number of aromatic hydroxyl groups is 1. The Morgan fingerprint density at radius 3 is 1.37 bits per heavy atom. The second kappa shape index (κ2) is 21.7. The Bertz CT molecular complexity index is 4060. The predicted molar refractivity (Wildman–Crippen MR) is 303 cm³/mol. The predicted octanol–water partition coefficient (Wildman–Crippen LogP) is 13.6. The monoisotopic (exact) mass is 1200 g/mol. The van der Waals surface area contributed by atoms with Gasteiger partial charge < -0.3 is 14.2 Å². The van der Waals surface area contributed by atoms with Gasteiger partial charge in [0.05, 0.1) is 10.2 Å². The van der Waals surface area contributed by atoms with E-state index in [1.54, 1.807) is 30.3 Å². The van der Waals surface area contributed by atoms with Crippen molar-refractivity contribution in [1.82, 2.24) is 4.57 Å². The van der Waals surface area contributed by atoms with Gasteiger partial charge in [-0.15, -0.1) is 11.3 Å². The van der Waals surface area contributed by atoms with Crippen LogP contribution in [0.4, 0.5) is 13.2 Å². The SMILES string of the molecule is O=C(c1c(O)c2ccc3c4ccccc4sc3c2n(-c2ccc(-c3ccccc3)cc2)c1=O)C(F)(F)F.O=P(c1ccccc1)(c1ccccc1)c1cccc2cccc(P(=O)(c3ccccc3)c3ccccc3)c12.[Eu]. The Morgan fingerprint density at radius 2 is 0.895 bits per heavy atom. The first-order valence-corrected chi connectivity index (χ1v) is 28.1. The second-order valence-corrected chi connectivity index (χ2v) is 24.3. The van der Waals surface area contributed by atoms with Crippen molar-refractivity contribution in [3.05, 3.63) is 265 Å². The van der Waals surface area contributed by atoms with Crippen molar-refractivity contribution in [2.24, 2.45) is 0 Å². The summed E-state index contributed by atoms with van der Waals surface area (Å²) in [6.45, 7) is 0. The molecule has 0 aliphatic rings. The number of hydrogen-bond donors (Lipinski definition) is 1. The van der Waals surface area contributed by atoms with Crippen LogP contribution in [0.5, 0.6) is 5.75 Å². The fourth-order valence-corrected chi connectivity index (χ4v) is 17.0. The summed E-state index contributed by atoms with van der Waals surface area (Å²) in [6, 6.07) is 77.4. The molecule has 0 aliphatic heterocycles. The van der Waals surface area contributed by atoms with E-state index in [0.717, 1.165) is 63.2 Å². The Labute approximate surface area is 480 Å². The Morgan fingerprint density at radius 1 is 0.474 bits per heavy atom. The van der Waals surface area contributed by atoms with Crippen LogP contribution >= 0.6 is 25.6 Å².